The second-order valence-electron chi connectivity index (χ2n) is 5.62. The maximum atomic E-state index is 5.62. The lowest BCUT2D eigenvalue weighted by Crippen LogP contribution is -2.20. The molecule has 5 nitrogen and oxygen atoms in total. The number of ether oxygens (including phenoxy) is 1. The molecule has 0 bridgehead atoms. The predicted octanol–water partition coefficient (Wildman–Crippen LogP) is 2.70. The quantitative estimate of drug-likeness (QED) is 0.888. The summed E-state index contributed by atoms with van der Waals surface area (Å²) < 4.78 is 5.62. The van der Waals surface area contributed by atoms with Gasteiger partial charge in [-0.2, -0.15) is 0 Å². The molecule has 2 aromatic rings. The SMILES string of the molecule is CN(Cc1ccccc1)c1cc(NCC2CCCO2)ncn1. The fraction of sp³-hybridized carbons (Fsp3) is 0.412. The zero-order chi connectivity index (χ0) is 15.2. The molecule has 2 heterocycles. The zero-order valence-electron chi connectivity index (χ0n) is 12.9. The zero-order valence-corrected chi connectivity index (χ0v) is 12.9. The Bertz CT molecular complexity index is 584. The highest BCUT2D eigenvalue weighted by molar-refractivity contribution is 5.48. The first-order valence-electron chi connectivity index (χ1n) is 7.74. The van der Waals surface area contributed by atoms with Gasteiger partial charge in [-0.1, -0.05) is 30.3 Å². The average Bonchev–Trinajstić information content (AvgIpc) is 3.08. The second-order valence-corrected chi connectivity index (χ2v) is 5.62. The third-order valence-electron chi connectivity index (χ3n) is 3.84. The molecule has 0 aliphatic carbocycles. The normalized spacial score (nSPS) is 17.4. The van der Waals surface area contributed by atoms with E-state index in [9.17, 15) is 0 Å². The average molecular weight is 298 g/mol. The van der Waals surface area contributed by atoms with Crippen LogP contribution in [0.4, 0.5) is 11.6 Å². The van der Waals surface area contributed by atoms with Crippen LogP contribution < -0.4 is 10.2 Å². The van der Waals surface area contributed by atoms with Gasteiger partial charge < -0.3 is 15.0 Å². The molecule has 5 heteroatoms. The van der Waals surface area contributed by atoms with Crippen molar-refractivity contribution in [2.75, 3.05) is 30.4 Å². The molecule has 1 atom stereocenters. The Balaban J connectivity index is 1.60. The summed E-state index contributed by atoms with van der Waals surface area (Å²) in [6, 6.07) is 12.4. The Morgan fingerprint density at radius 3 is 2.91 bits per heavy atom. The van der Waals surface area contributed by atoms with Crippen molar-refractivity contribution in [3.8, 4) is 0 Å². The van der Waals surface area contributed by atoms with Gasteiger partial charge in [-0.05, 0) is 18.4 Å². The molecule has 0 radical (unpaired) electrons. The highest BCUT2D eigenvalue weighted by Crippen LogP contribution is 2.17. The molecular formula is C17H22N4O. The lowest BCUT2D eigenvalue weighted by atomic mass is 10.2. The van der Waals surface area contributed by atoms with Crippen LogP contribution in [0.1, 0.15) is 18.4 Å². The Morgan fingerprint density at radius 2 is 2.14 bits per heavy atom. The van der Waals surface area contributed by atoms with E-state index >= 15 is 0 Å². The lowest BCUT2D eigenvalue weighted by Gasteiger charge is -2.19. The number of anilines is 2. The van der Waals surface area contributed by atoms with Gasteiger partial charge in [0, 0.05) is 32.8 Å². The van der Waals surface area contributed by atoms with E-state index in [4.69, 9.17) is 4.74 Å². The molecule has 22 heavy (non-hydrogen) atoms. The van der Waals surface area contributed by atoms with Gasteiger partial charge in [0.2, 0.25) is 0 Å². The fourth-order valence-corrected chi connectivity index (χ4v) is 2.61. The molecule has 1 saturated heterocycles. The Labute approximate surface area is 131 Å². The van der Waals surface area contributed by atoms with E-state index in [0.717, 1.165) is 44.2 Å². The molecule has 1 aliphatic heterocycles. The van der Waals surface area contributed by atoms with Crippen molar-refractivity contribution < 1.29 is 4.74 Å². The van der Waals surface area contributed by atoms with E-state index in [1.807, 2.05) is 19.2 Å². The van der Waals surface area contributed by atoms with Crippen molar-refractivity contribution in [3.05, 3.63) is 48.3 Å². The standard InChI is InChI=1S/C17H22N4O/c1-21(12-14-6-3-2-4-7-14)17-10-16(19-13-20-17)18-11-15-8-5-9-22-15/h2-4,6-7,10,13,15H,5,8-9,11-12H2,1H3,(H,18,19,20). The van der Waals surface area contributed by atoms with Crippen molar-refractivity contribution in [2.24, 2.45) is 0 Å². The molecule has 1 aromatic carbocycles. The summed E-state index contributed by atoms with van der Waals surface area (Å²) in [5.74, 6) is 1.76. The highest BCUT2D eigenvalue weighted by Gasteiger charge is 2.15. The Morgan fingerprint density at radius 1 is 1.27 bits per heavy atom. The monoisotopic (exact) mass is 298 g/mol. The molecule has 3 rings (SSSR count). The summed E-state index contributed by atoms with van der Waals surface area (Å²) in [5.41, 5.74) is 1.26. The Kier molecular flexibility index (Phi) is 4.85. The number of nitrogens with zero attached hydrogens (tertiary/aromatic N) is 3. The lowest BCUT2D eigenvalue weighted by molar-refractivity contribution is 0.120. The first-order chi connectivity index (χ1) is 10.8. The molecule has 0 spiro atoms. The molecule has 1 aromatic heterocycles. The van der Waals surface area contributed by atoms with Gasteiger partial charge in [0.1, 0.15) is 18.0 Å². The van der Waals surface area contributed by atoms with Crippen molar-refractivity contribution in [2.45, 2.75) is 25.5 Å². The van der Waals surface area contributed by atoms with E-state index in [2.05, 4.69) is 44.5 Å². The van der Waals surface area contributed by atoms with Crippen molar-refractivity contribution in [1.82, 2.24) is 9.97 Å². The minimum atomic E-state index is 0.306. The van der Waals surface area contributed by atoms with Crippen LogP contribution in [0.3, 0.4) is 0 Å². The molecule has 1 unspecified atom stereocenters. The van der Waals surface area contributed by atoms with Crippen LogP contribution >= 0.6 is 0 Å². The molecule has 1 N–H and O–H groups in total. The summed E-state index contributed by atoms with van der Waals surface area (Å²) in [4.78, 5) is 10.8. The van der Waals surface area contributed by atoms with Gasteiger partial charge in [-0.3, -0.25) is 0 Å². The largest absolute Gasteiger partial charge is 0.376 e. The van der Waals surface area contributed by atoms with Gasteiger partial charge in [0.25, 0.3) is 0 Å². The maximum absolute atomic E-state index is 5.62. The van der Waals surface area contributed by atoms with Crippen molar-refractivity contribution in [1.29, 1.82) is 0 Å². The van der Waals surface area contributed by atoms with Gasteiger partial charge >= 0.3 is 0 Å². The van der Waals surface area contributed by atoms with E-state index < -0.39 is 0 Å². The van der Waals surface area contributed by atoms with Crippen LogP contribution in [0.2, 0.25) is 0 Å². The molecular weight excluding hydrogens is 276 g/mol. The van der Waals surface area contributed by atoms with Crippen LogP contribution in [-0.2, 0) is 11.3 Å². The smallest absolute Gasteiger partial charge is 0.134 e. The van der Waals surface area contributed by atoms with Crippen LogP contribution in [-0.4, -0.2) is 36.3 Å². The summed E-state index contributed by atoms with van der Waals surface area (Å²) >= 11 is 0. The number of nitrogens with one attached hydrogen (secondary N) is 1. The minimum Gasteiger partial charge on any atom is -0.376 e. The number of hydrogen-bond donors (Lipinski definition) is 1. The fourth-order valence-electron chi connectivity index (χ4n) is 2.61. The number of benzene rings is 1. The van der Waals surface area contributed by atoms with E-state index in [1.54, 1.807) is 6.33 Å². The molecule has 116 valence electrons. The van der Waals surface area contributed by atoms with E-state index in [-0.39, 0.29) is 0 Å². The summed E-state index contributed by atoms with van der Waals surface area (Å²) in [7, 11) is 2.04. The summed E-state index contributed by atoms with van der Waals surface area (Å²) in [6.45, 7) is 2.50. The second kappa shape index (κ2) is 7.22. The third-order valence-corrected chi connectivity index (χ3v) is 3.84. The summed E-state index contributed by atoms with van der Waals surface area (Å²) in [6.07, 6.45) is 4.19. The molecule has 1 aliphatic rings. The topological polar surface area (TPSA) is 50.3 Å². The third kappa shape index (κ3) is 3.95. The van der Waals surface area contributed by atoms with E-state index in [1.165, 1.54) is 5.56 Å². The van der Waals surface area contributed by atoms with Crippen LogP contribution in [0.5, 0.6) is 0 Å². The molecule has 0 saturated carbocycles. The van der Waals surface area contributed by atoms with Gasteiger partial charge in [0.15, 0.2) is 0 Å². The van der Waals surface area contributed by atoms with Gasteiger partial charge in [-0.15, -0.1) is 0 Å². The van der Waals surface area contributed by atoms with Crippen molar-refractivity contribution in [3.63, 3.8) is 0 Å². The Hall–Kier alpha value is -2.14. The highest BCUT2D eigenvalue weighted by atomic mass is 16.5. The van der Waals surface area contributed by atoms with Gasteiger partial charge in [0.05, 0.1) is 6.10 Å². The number of hydrogen-bond acceptors (Lipinski definition) is 5. The first kappa shape index (κ1) is 14.8. The number of rotatable bonds is 6. The predicted molar refractivity (Wildman–Crippen MR) is 88.0 cm³/mol. The van der Waals surface area contributed by atoms with Crippen LogP contribution in [0.15, 0.2) is 42.7 Å². The molecule has 0 amide bonds. The molecule has 1 fully saturated rings. The number of aromatic nitrogens is 2. The first-order valence-corrected chi connectivity index (χ1v) is 7.74. The minimum absolute atomic E-state index is 0.306. The van der Waals surface area contributed by atoms with Crippen LogP contribution in [0, 0.1) is 0 Å². The summed E-state index contributed by atoms with van der Waals surface area (Å²) in [5, 5.41) is 3.34. The van der Waals surface area contributed by atoms with Crippen LogP contribution in [0.25, 0.3) is 0 Å². The van der Waals surface area contributed by atoms with Crippen molar-refractivity contribution >= 4 is 11.6 Å². The maximum Gasteiger partial charge on any atom is 0.134 e. The van der Waals surface area contributed by atoms with Gasteiger partial charge in [-0.25, -0.2) is 9.97 Å². The van der Waals surface area contributed by atoms with E-state index in [0.29, 0.717) is 6.10 Å².